The quantitative estimate of drug-likeness (QED) is 0.747. The highest BCUT2D eigenvalue weighted by atomic mass is 16.5. The van der Waals surface area contributed by atoms with Gasteiger partial charge < -0.3 is 15.0 Å². The Hall–Kier alpha value is -0.120. The van der Waals surface area contributed by atoms with E-state index in [2.05, 4.69) is 31.1 Å². The van der Waals surface area contributed by atoms with Gasteiger partial charge in [-0.2, -0.15) is 0 Å². The van der Waals surface area contributed by atoms with Crippen LogP contribution in [0.15, 0.2) is 0 Å². The van der Waals surface area contributed by atoms with Crippen molar-refractivity contribution in [3.63, 3.8) is 0 Å². The SMILES string of the molecule is COCC(C)CNC1CCN(C)C(C)C1. The van der Waals surface area contributed by atoms with Gasteiger partial charge in [0.05, 0.1) is 0 Å². The molecule has 15 heavy (non-hydrogen) atoms. The van der Waals surface area contributed by atoms with Gasteiger partial charge in [-0.05, 0) is 39.3 Å². The zero-order valence-electron chi connectivity index (χ0n) is 10.6. The van der Waals surface area contributed by atoms with Crippen LogP contribution < -0.4 is 5.32 Å². The van der Waals surface area contributed by atoms with Gasteiger partial charge in [-0.15, -0.1) is 0 Å². The molecule has 0 spiro atoms. The molecule has 1 aliphatic rings. The second-order valence-corrected chi connectivity index (χ2v) is 5.02. The predicted molar refractivity (Wildman–Crippen MR) is 64.2 cm³/mol. The zero-order valence-corrected chi connectivity index (χ0v) is 10.6. The van der Waals surface area contributed by atoms with Gasteiger partial charge in [0.15, 0.2) is 0 Å². The molecule has 0 saturated carbocycles. The predicted octanol–water partition coefficient (Wildman–Crippen LogP) is 1.34. The van der Waals surface area contributed by atoms with Crippen LogP contribution in [-0.4, -0.2) is 50.8 Å². The van der Waals surface area contributed by atoms with Crippen LogP contribution in [0.5, 0.6) is 0 Å². The summed E-state index contributed by atoms with van der Waals surface area (Å²) < 4.78 is 5.13. The van der Waals surface area contributed by atoms with Gasteiger partial charge in [0.1, 0.15) is 0 Å². The van der Waals surface area contributed by atoms with Crippen LogP contribution in [0.4, 0.5) is 0 Å². The average Bonchev–Trinajstić information content (AvgIpc) is 2.20. The molecule has 0 aromatic carbocycles. The molecule has 1 heterocycles. The Labute approximate surface area is 94.2 Å². The molecule has 3 atom stereocenters. The molecule has 1 N–H and O–H groups in total. The van der Waals surface area contributed by atoms with E-state index in [-0.39, 0.29) is 0 Å². The fourth-order valence-electron chi connectivity index (χ4n) is 2.19. The van der Waals surface area contributed by atoms with Gasteiger partial charge in [-0.3, -0.25) is 0 Å². The first kappa shape index (κ1) is 12.9. The third-order valence-corrected chi connectivity index (χ3v) is 3.41. The van der Waals surface area contributed by atoms with Crippen LogP contribution >= 0.6 is 0 Å². The maximum Gasteiger partial charge on any atom is 0.0499 e. The van der Waals surface area contributed by atoms with Crippen LogP contribution in [0.3, 0.4) is 0 Å². The molecule has 0 aromatic heterocycles. The minimum Gasteiger partial charge on any atom is -0.384 e. The Morgan fingerprint density at radius 2 is 2.27 bits per heavy atom. The minimum atomic E-state index is 0.616. The molecular formula is C12H26N2O. The van der Waals surface area contributed by atoms with Crippen molar-refractivity contribution in [2.24, 2.45) is 5.92 Å². The van der Waals surface area contributed by atoms with Crippen molar-refractivity contribution in [3.05, 3.63) is 0 Å². The van der Waals surface area contributed by atoms with Gasteiger partial charge in [-0.1, -0.05) is 6.92 Å². The third kappa shape index (κ3) is 4.49. The molecule has 1 fully saturated rings. The summed E-state index contributed by atoms with van der Waals surface area (Å²) in [6.07, 6.45) is 2.55. The van der Waals surface area contributed by atoms with E-state index in [1.165, 1.54) is 19.4 Å². The maximum atomic E-state index is 5.13. The van der Waals surface area contributed by atoms with Crippen molar-refractivity contribution in [3.8, 4) is 0 Å². The van der Waals surface area contributed by atoms with Crippen molar-refractivity contribution < 1.29 is 4.74 Å². The zero-order chi connectivity index (χ0) is 11.3. The van der Waals surface area contributed by atoms with Gasteiger partial charge >= 0.3 is 0 Å². The Morgan fingerprint density at radius 1 is 1.53 bits per heavy atom. The minimum absolute atomic E-state index is 0.616. The Balaban J connectivity index is 2.16. The molecule has 0 amide bonds. The second-order valence-electron chi connectivity index (χ2n) is 5.02. The van der Waals surface area contributed by atoms with Crippen molar-refractivity contribution >= 4 is 0 Å². The van der Waals surface area contributed by atoms with E-state index in [0.29, 0.717) is 18.0 Å². The summed E-state index contributed by atoms with van der Waals surface area (Å²) in [5.74, 6) is 0.616. The Morgan fingerprint density at radius 3 is 2.87 bits per heavy atom. The Kier molecular flexibility index (Phi) is 5.58. The molecule has 0 radical (unpaired) electrons. The van der Waals surface area contributed by atoms with Gasteiger partial charge in [-0.25, -0.2) is 0 Å². The first-order valence-corrected chi connectivity index (χ1v) is 6.06. The van der Waals surface area contributed by atoms with E-state index in [1.54, 1.807) is 7.11 Å². The molecular weight excluding hydrogens is 188 g/mol. The number of nitrogens with one attached hydrogen (secondary N) is 1. The first-order chi connectivity index (χ1) is 7.13. The summed E-state index contributed by atoms with van der Waals surface area (Å²) in [4.78, 5) is 2.44. The van der Waals surface area contributed by atoms with Crippen LogP contribution in [0.1, 0.15) is 26.7 Å². The van der Waals surface area contributed by atoms with E-state index < -0.39 is 0 Å². The first-order valence-electron chi connectivity index (χ1n) is 6.06. The number of hydrogen-bond donors (Lipinski definition) is 1. The normalized spacial score (nSPS) is 30.4. The summed E-state index contributed by atoms with van der Waals surface area (Å²) in [5, 5.41) is 3.65. The van der Waals surface area contributed by atoms with Crippen LogP contribution in [0, 0.1) is 5.92 Å². The molecule has 1 saturated heterocycles. The third-order valence-electron chi connectivity index (χ3n) is 3.41. The lowest BCUT2D eigenvalue weighted by Gasteiger charge is -2.35. The standard InChI is InChI=1S/C12H26N2O/c1-10(9-15-4)8-13-12-5-6-14(3)11(2)7-12/h10-13H,5-9H2,1-4H3. The van der Waals surface area contributed by atoms with E-state index in [1.807, 2.05) is 0 Å². The molecule has 1 rings (SSSR count). The fourth-order valence-corrected chi connectivity index (χ4v) is 2.19. The van der Waals surface area contributed by atoms with E-state index >= 15 is 0 Å². The average molecular weight is 214 g/mol. The number of ether oxygens (including phenoxy) is 1. The topological polar surface area (TPSA) is 24.5 Å². The molecule has 90 valence electrons. The fraction of sp³-hybridized carbons (Fsp3) is 1.00. The van der Waals surface area contributed by atoms with Crippen molar-refractivity contribution in [2.75, 3.05) is 33.9 Å². The van der Waals surface area contributed by atoms with Gasteiger partial charge in [0.25, 0.3) is 0 Å². The second kappa shape index (κ2) is 6.46. The molecule has 0 bridgehead atoms. The van der Waals surface area contributed by atoms with Crippen LogP contribution in [-0.2, 0) is 4.74 Å². The van der Waals surface area contributed by atoms with Gasteiger partial charge in [0, 0.05) is 32.3 Å². The lowest BCUT2D eigenvalue weighted by molar-refractivity contribution is 0.142. The summed E-state index contributed by atoms with van der Waals surface area (Å²) in [7, 11) is 3.99. The number of methoxy groups -OCH3 is 1. The number of likely N-dealkylation sites (tertiary alicyclic amines) is 1. The van der Waals surface area contributed by atoms with Crippen molar-refractivity contribution in [1.29, 1.82) is 0 Å². The number of rotatable bonds is 5. The summed E-state index contributed by atoms with van der Waals surface area (Å²) in [5.41, 5.74) is 0. The lowest BCUT2D eigenvalue weighted by Crippen LogP contribution is -2.46. The van der Waals surface area contributed by atoms with Crippen molar-refractivity contribution in [2.45, 2.75) is 38.8 Å². The Bertz CT molecular complexity index is 175. The molecule has 1 aliphatic heterocycles. The highest BCUT2D eigenvalue weighted by Crippen LogP contribution is 2.15. The lowest BCUT2D eigenvalue weighted by atomic mass is 9.98. The van der Waals surface area contributed by atoms with Crippen LogP contribution in [0.2, 0.25) is 0 Å². The highest BCUT2D eigenvalue weighted by Gasteiger charge is 2.22. The van der Waals surface area contributed by atoms with Crippen LogP contribution in [0.25, 0.3) is 0 Å². The van der Waals surface area contributed by atoms with Gasteiger partial charge in [0.2, 0.25) is 0 Å². The molecule has 3 nitrogen and oxygen atoms in total. The molecule has 3 unspecified atom stereocenters. The maximum absolute atomic E-state index is 5.13. The summed E-state index contributed by atoms with van der Waals surface area (Å²) >= 11 is 0. The summed E-state index contributed by atoms with van der Waals surface area (Å²) in [6, 6.07) is 1.42. The number of piperidine rings is 1. The molecule has 0 aliphatic carbocycles. The number of hydrogen-bond acceptors (Lipinski definition) is 3. The van der Waals surface area contributed by atoms with E-state index in [4.69, 9.17) is 4.74 Å². The highest BCUT2D eigenvalue weighted by molar-refractivity contribution is 4.81. The molecule has 3 heteroatoms. The smallest absolute Gasteiger partial charge is 0.0499 e. The monoisotopic (exact) mass is 214 g/mol. The summed E-state index contributed by atoms with van der Waals surface area (Å²) in [6.45, 7) is 7.70. The largest absolute Gasteiger partial charge is 0.384 e. The van der Waals surface area contributed by atoms with E-state index in [9.17, 15) is 0 Å². The number of nitrogens with zero attached hydrogens (tertiary/aromatic N) is 1. The van der Waals surface area contributed by atoms with Crippen molar-refractivity contribution in [1.82, 2.24) is 10.2 Å². The molecule has 0 aromatic rings. The van der Waals surface area contributed by atoms with E-state index in [0.717, 1.165) is 13.2 Å².